The first-order valence-electron chi connectivity index (χ1n) is 6.76. The number of carbonyl (C=O) groups excluding carboxylic acids is 1. The van der Waals surface area contributed by atoms with Crippen molar-refractivity contribution >= 4 is 5.91 Å². The second-order valence-corrected chi connectivity index (χ2v) is 5.81. The minimum Gasteiger partial charge on any atom is -0.273 e. The van der Waals surface area contributed by atoms with Gasteiger partial charge in [0.25, 0.3) is 0 Å². The van der Waals surface area contributed by atoms with Crippen LogP contribution in [-0.4, -0.2) is 40.2 Å². The van der Waals surface area contributed by atoms with Gasteiger partial charge < -0.3 is 0 Å². The first-order valence-corrected chi connectivity index (χ1v) is 6.76. The Kier molecular flexibility index (Phi) is 3.01. The molecule has 0 aromatic carbocycles. The quantitative estimate of drug-likeness (QED) is 0.833. The molecule has 3 atom stereocenters. The molecule has 0 spiro atoms. The first kappa shape index (κ1) is 13.4. The molecular formula is C14H17F2N3O. The van der Waals surface area contributed by atoms with E-state index in [0.29, 0.717) is 25.1 Å². The fourth-order valence-corrected chi connectivity index (χ4v) is 3.05. The molecule has 2 fully saturated rings. The summed E-state index contributed by atoms with van der Waals surface area (Å²) < 4.78 is 27.1. The molecule has 2 saturated heterocycles. The van der Waals surface area contributed by atoms with Gasteiger partial charge in [0.1, 0.15) is 12.0 Å². The molecule has 20 heavy (non-hydrogen) atoms. The molecule has 3 rings (SSSR count). The summed E-state index contributed by atoms with van der Waals surface area (Å²) in [5.74, 6) is -0.645. The normalized spacial score (nSPS) is 31.7. The molecule has 1 amide bonds. The zero-order chi connectivity index (χ0) is 14.5. The van der Waals surface area contributed by atoms with Gasteiger partial charge in [0.15, 0.2) is 0 Å². The lowest BCUT2D eigenvalue weighted by Crippen LogP contribution is -2.40. The number of hydrogen-bond acceptors (Lipinski definition) is 3. The highest BCUT2D eigenvalue weighted by Gasteiger charge is 2.55. The summed E-state index contributed by atoms with van der Waals surface area (Å²) >= 11 is 0. The SMILES string of the molecule is CC(F)[C@@]1(C)CN2CC[C@@H](c3cncc(F)c3)N2C1=O. The van der Waals surface area contributed by atoms with E-state index >= 15 is 0 Å². The Morgan fingerprint density at radius 2 is 2.25 bits per heavy atom. The molecule has 1 aromatic rings. The second kappa shape index (κ2) is 4.48. The van der Waals surface area contributed by atoms with E-state index in [-0.39, 0.29) is 11.9 Å². The molecule has 0 saturated carbocycles. The minimum absolute atomic E-state index is 0.223. The van der Waals surface area contributed by atoms with Crippen molar-refractivity contribution in [3.05, 3.63) is 29.8 Å². The topological polar surface area (TPSA) is 36.4 Å². The zero-order valence-electron chi connectivity index (χ0n) is 11.5. The summed E-state index contributed by atoms with van der Waals surface area (Å²) in [6, 6.07) is 1.15. The van der Waals surface area contributed by atoms with Gasteiger partial charge in [-0.25, -0.2) is 13.8 Å². The maximum absolute atomic E-state index is 13.8. The number of pyridine rings is 1. The Morgan fingerprint density at radius 1 is 1.50 bits per heavy atom. The highest BCUT2D eigenvalue weighted by molar-refractivity contribution is 5.85. The number of nitrogens with zero attached hydrogens (tertiary/aromatic N) is 3. The number of alkyl halides is 1. The van der Waals surface area contributed by atoms with Crippen LogP contribution < -0.4 is 0 Å². The average molecular weight is 281 g/mol. The Bertz CT molecular complexity index is 551. The van der Waals surface area contributed by atoms with Crippen molar-refractivity contribution in [3.8, 4) is 0 Å². The lowest BCUT2D eigenvalue weighted by atomic mass is 9.85. The van der Waals surface area contributed by atoms with E-state index in [9.17, 15) is 13.6 Å². The minimum atomic E-state index is -1.22. The average Bonchev–Trinajstić information content (AvgIpc) is 2.90. The highest BCUT2D eigenvalue weighted by Crippen LogP contribution is 2.44. The summed E-state index contributed by atoms with van der Waals surface area (Å²) in [4.78, 5) is 16.4. The number of amides is 1. The van der Waals surface area contributed by atoms with Crippen molar-refractivity contribution < 1.29 is 13.6 Å². The van der Waals surface area contributed by atoms with Gasteiger partial charge in [-0.1, -0.05) is 0 Å². The monoisotopic (exact) mass is 281 g/mol. The van der Waals surface area contributed by atoms with Crippen LogP contribution in [-0.2, 0) is 4.79 Å². The number of carbonyl (C=O) groups is 1. The van der Waals surface area contributed by atoms with Crippen LogP contribution in [0.15, 0.2) is 18.5 Å². The van der Waals surface area contributed by atoms with Crippen molar-refractivity contribution in [1.29, 1.82) is 0 Å². The molecule has 3 heterocycles. The third-order valence-corrected chi connectivity index (χ3v) is 4.46. The van der Waals surface area contributed by atoms with Gasteiger partial charge >= 0.3 is 0 Å². The maximum Gasteiger partial charge on any atom is 0.247 e. The summed E-state index contributed by atoms with van der Waals surface area (Å²) in [6.45, 7) is 4.12. The van der Waals surface area contributed by atoms with Gasteiger partial charge in [0.05, 0.1) is 17.7 Å². The lowest BCUT2D eigenvalue weighted by molar-refractivity contribution is -0.144. The third-order valence-electron chi connectivity index (χ3n) is 4.46. The number of aromatic nitrogens is 1. The van der Waals surface area contributed by atoms with Gasteiger partial charge in [0.2, 0.25) is 5.91 Å². The third kappa shape index (κ3) is 1.82. The molecule has 4 nitrogen and oxygen atoms in total. The van der Waals surface area contributed by atoms with E-state index in [1.54, 1.807) is 18.1 Å². The van der Waals surface area contributed by atoms with Crippen LogP contribution in [0.1, 0.15) is 31.9 Å². The van der Waals surface area contributed by atoms with Crippen LogP contribution in [0.2, 0.25) is 0 Å². The molecule has 6 heteroatoms. The van der Waals surface area contributed by atoms with E-state index in [2.05, 4.69) is 4.98 Å². The molecule has 1 unspecified atom stereocenters. The maximum atomic E-state index is 13.8. The molecule has 2 aliphatic heterocycles. The summed E-state index contributed by atoms with van der Waals surface area (Å²) in [6.07, 6.45) is 2.20. The van der Waals surface area contributed by atoms with Crippen LogP contribution >= 0.6 is 0 Å². The second-order valence-electron chi connectivity index (χ2n) is 5.81. The van der Waals surface area contributed by atoms with Crippen LogP contribution in [0.5, 0.6) is 0 Å². The van der Waals surface area contributed by atoms with Gasteiger partial charge in [-0.05, 0) is 31.9 Å². The number of hydrazine groups is 1. The standard InChI is InChI=1S/C14H17F2N3O/c1-9(15)14(2)8-18-4-3-12(19(18)13(14)20)10-5-11(16)7-17-6-10/h5-7,9,12H,3-4,8H2,1-2H3/t9?,12-,14+/m0/s1. The number of hydrogen-bond donors (Lipinski definition) is 0. The van der Waals surface area contributed by atoms with Gasteiger partial charge in [-0.15, -0.1) is 0 Å². The molecule has 0 bridgehead atoms. The molecule has 0 aliphatic carbocycles. The smallest absolute Gasteiger partial charge is 0.247 e. The van der Waals surface area contributed by atoms with Gasteiger partial charge in [0, 0.05) is 19.3 Å². The Morgan fingerprint density at radius 3 is 2.90 bits per heavy atom. The van der Waals surface area contributed by atoms with E-state index in [4.69, 9.17) is 0 Å². The predicted molar refractivity (Wildman–Crippen MR) is 68.6 cm³/mol. The van der Waals surface area contributed by atoms with Crippen molar-refractivity contribution in [2.75, 3.05) is 13.1 Å². The Balaban J connectivity index is 1.93. The number of fused-ring (bicyclic) bond motifs is 1. The van der Waals surface area contributed by atoms with Gasteiger partial charge in [-0.2, -0.15) is 0 Å². The van der Waals surface area contributed by atoms with Crippen molar-refractivity contribution in [2.24, 2.45) is 5.41 Å². The first-order chi connectivity index (χ1) is 9.43. The van der Waals surface area contributed by atoms with Crippen LogP contribution in [0.4, 0.5) is 8.78 Å². The Hall–Kier alpha value is -1.56. The number of rotatable bonds is 2. The highest BCUT2D eigenvalue weighted by atomic mass is 19.1. The Labute approximate surface area is 116 Å². The van der Waals surface area contributed by atoms with Gasteiger partial charge in [-0.3, -0.25) is 14.8 Å². The van der Waals surface area contributed by atoms with Crippen LogP contribution in [0.25, 0.3) is 0 Å². The molecule has 0 radical (unpaired) electrons. The van der Waals surface area contributed by atoms with E-state index < -0.39 is 17.4 Å². The van der Waals surface area contributed by atoms with E-state index in [0.717, 1.165) is 6.20 Å². The zero-order valence-corrected chi connectivity index (χ0v) is 11.5. The summed E-state index contributed by atoms with van der Waals surface area (Å²) in [5.41, 5.74) is -0.351. The van der Waals surface area contributed by atoms with Crippen LogP contribution in [0, 0.1) is 11.2 Å². The molecule has 2 aliphatic rings. The van der Waals surface area contributed by atoms with Crippen molar-refractivity contribution in [2.45, 2.75) is 32.5 Å². The summed E-state index contributed by atoms with van der Waals surface area (Å²) in [5, 5.41) is 3.46. The van der Waals surface area contributed by atoms with Crippen molar-refractivity contribution in [1.82, 2.24) is 15.0 Å². The fraction of sp³-hybridized carbons (Fsp3) is 0.571. The lowest BCUT2D eigenvalue weighted by Gasteiger charge is -2.27. The molecule has 0 N–H and O–H groups in total. The van der Waals surface area contributed by atoms with Crippen LogP contribution in [0.3, 0.4) is 0 Å². The van der Waals surface area contributed by atoms with Crippen molar-refractivity contribution in [3.63, 3.8) is 0 Å². The summed E-state index contributed by atoms with van der Waals surface area (Å²) in [7, 11) is 0. The van der Waals surface area contributed by atoms with E-state index in [1.807, 2.05) is 5.01 Å². The predicted octanol–water partition coefficient (Wildman–Crippen LogP) is 2.09. The largest absolute Gasteiger partial charge is 0.273 e. The van der Waals surface area contributed by atoms with E-state index in [1.165, 1.54) is 13.0 Å². The number of halogens is 2. The molecule has 108 valence electrons. The molecule has 1 aromatic heterocycles. The molecular weight excluding hydrogens is 264 g/mol. The fourth-order valence-electron chi connectivity index (χ4n) is 3.05.